The zero-order valence-corrected chi connectivity index (χ0v) is 14.4. The number of benzene rings is 1. The lowest BCUT2D eigenvalue weighted by molar-refractivity contribution is -0.133. The number of hydrogen-bond acceptors (Lipinski definition) is 5. The van der Waals surface area contributed by atoms with Gasteiger partial charge in [0.1, 0.15) is 6.04 Å². The van der Waals surface area contributed by atoms with Crippen molar-refractivity contribution in [3.05, 3.63) is 23.8 Å². The first-order chi connectivity index (χ1) is 12.1. The van der Waals surface area contributed by atoms with Crippen molar-refractivity contribution in [2.75, 3.05) is 13.7 Å². The van der Waals surface area contributed by atoms with Gasteiger partial charge in [0.05, 0.1) is 13.2 Å². The Kier molecular flexibility index (Phi) is 5.43. The third kappa shape index (κ3) is 3.71. The normalized spacial score (nSPS) is 20.6. The van der Waals surface area contributed by atoms with E-state index in [4.69, 9.17) is 14.7 Å². The molecule has 1 saturated carbocycles. The van der Waals surface area contributed by atoms with Crippen LogP contribution in [-0.2, 0) is 4.79 Å². The molecule has 3 rings (SSSR count). The second kappa shape index (κ2) is 7.74. The fourth-order valence-corrected chi connectivity index (χ4v) is 3.61. The molecule has 1 aliphatic heterocycles. The average molecular weight is 348 g/mol. The van der Waals surface area contributed by atoms with Crippen LogP contribution in [0, 0.1) is 0 Å². The molecule has 1 heterocycles. The molecule has 1 unspecified atom stereocenters. The summed E-state index contributed by atoms with van der Waals surface area (Å²) in [5.74, 6) is 0.351. The molecule has 2 amide bonds. The smallest absolute Gasteiger partial charge is 0.266 e. The zero-order chi connectivity index (χ0) is 17.8. The van der Waals surface area contributed by atoms with Crippen LogP contribution in [0.4, 0.5) is 0 Å². The van der Waals surface area contributed by atoms with Gasteiger partial charge in [0, 0.05) is 12.1 Å². The van der Waals surface area contributed by atoms with Gasteiger partial charge < -0.3 is 14.4 Å². The minimum atomic E-state index is -0.640. The van der Waals surface area contributed by atoms with Crippen LogP contribution in [0.1, 0.15) is 48.9 Å². The summed E-state index contributed by atoms with van der Waals surface area (Å²) in [5, 5.41) is 8.86. The van der Waals surface area contributed by atoms with Gasteiger partial charge in [-0.3, -0.25) is 14.8 Å². The number of likely N-dealkylation sites (tertiary alicyclic amines) is 1. The molecule has 0 spiro atoms. The molecule has 7 heteroatoms. The van der Waals surface area contributed by atoms with Gasteiger partial charge in [-0.1, -0.05) is 0 Å². The summed E-state index contributed by atoms with van der Waals surface area (Å²) in [6.45, 7) is 0.488. The predicted octanol–water partition coefficient (Wildman–Crippen LogP) is 2.13. The number of hydroxylamine groups is 1. The highest BCUT2D eigenvalue weighted by Crippen LogP contribution is 2.33. The van der Waals surface area contributed by atoms with E-state index in [1.165, 1.54) is 4.90 Å². The molecule has 1 aliphatic carbocycles. The van der Waals surface area contributed by atoms with E-state index in [2.05, 4.69) is 0 Å². The van der Waals surface area contributed by atoms with E-state index in [-0.39, 0.29) is 12.0 Å². The Bertz CT molecular complexity index is 642. The highest BCUT2D eigenvalue weighted by atomic mass is 16.5. The molecular weight excluding hydrogens is 324 g/mol. The maximum Gasteiger partial charge on any atom is 0.266 e. The molecule has 25 heavy (non-hydrogen) atoms. The van der Waals surface area contributed by atoms with Crippen LogP contribution in [-0.4, -0.2) is 47.7 Å². The molecule has 2 aliphatic rings. The Hall–Kier alpha value is -2.28. The van der Waals surface area contributed by atoms with Gasteiger partial charge in [-0.15, -0.1) is 0 Å². The molecule has 0 aromatic heterocycles. The summed E-state index contributed by atoms with van der Waals surface area (Å²) < 4.78 is 11.4. The first-order valence-electron chi connectivity index (χ1n) is 8.73. The summed E-state index contributed by atoms with van der Waals surface area (Å²) in [5.41, 5.74) is 2.09. The zero-order valence-electron chi connectivity index (χ0n) is 14.4. The van der Waals surface area contributed by atoms with Gasteiger partial charge in [0.15, 0.2) is 11.5 Å². The van der Waals surface area contributed by atoms with E-state index >= 15 is 0 Å². The van der Waals surface area contributed by atoms with E-state index in [1.807, 2.05) is 0 Å². The minimum absolute atomic E-state index is 0.152. The lowest BCUT2D eigenvalue weighted by Crippen LogP contribution is -2.45. The lowest BCUT2D eigenvalue weighted by atomic mass is 10.1. The summed E-state index contributed by atoms with van der Waals surface area (Å²) >= 11 is 0. The fraction of sp³-hybridized carbons (Fsp3) is 0.556. The Balaban J connectivity index is 1.81. The maximum absolute atomic E-state index is 12.8. The van der Waals surface area contributed by atoms with Crippen LogP contribution in [0.2, 0.25) is 0 Å². The molecule has 1 aromatic carbocycles. The monoisotopic (exact) mass is 348 g/mol. The lowest BCUT2D eigenvalue weighted by Gasteiger charge is -2.23. The first-order valence-corrected chi connectivity index (χ1v) is 8.73. The van der Waals surface area contributed by atoms with Crippen molar-refractivity contribution in [3.8, 4) is 11.5 Å². The Labute approximate surface area is 146 Å². The van der Waals surface area contributed by atoms with E-state index in [0.717, 1.165) is 32.1 Å². The topological polar surface area (TPSA) is 88.1 Å². The number of rotatable bonds is 5. The van der Waals surface area contributed by atoms with Gasteiger partial charge in [-0.2, -0.15) is 0 Å². The van der Waals surface area contributed by atoms with Crippen molar-refractivity contribution < 1.29 is 24.3 Å². The van der Waals surface area contributed by atoms with Crippen LogP contribution in [0.15, 0.2) is 18.2 Å². The fourth-order valence-electron chi connectivity index (χ4n) is 3.61. The SMILES string of the molecule is COc1ccc(C(=O)N2CCCC2C(=O)NO)cc1OC1CCCC1. The number of nitrogens with zero attached hydrogens (tertiary/aromatic N) is 1. The summed E-state index contributed by atoms with van der Waals surface area (Å²) in [7, 11) is 1.57. The quantitative estimate of drug-likeness (QED) is 0.629. The van der Waals surface area contributed by atoms with E-state index < -0.39 is 11.9 Å². The maximum atomic E-state index is 12.8. The highest BCUT2D eigenvalue weighted by Gasteiger charge is 2.34. The van der Waals surface area contributed by atoms with Crippen LogP contribution in [0.5, 0.6) is 11.5 Å². The van der Waals surface area contributed by atoms with Crippen LogP contribution >= 0.6 is 0 Å². The van der Waals surface area contributed by atoms with E-state index in [1.54, 1.807) is 30.8 Å². The largest absolute Gasteiger partial charge is 0.493 e. The first kappa shape index (κ1) is 17.5. The second-order valence-electron chi connectivity index (χ2n) is 6.52. The molecule has 0 bridgehead atoms. The minimum Gasteiger partial charge on any atom is -0.493 e. The molecule has 1 aromatic rings. The van der Waals surface area contributed by atoms with Gasteiger partial charge in [0.25, 0.3) is 11.8 Å². The Morgan fingerprint density at radius 3 is 2.60 bits per heavy atom. The van der Waals surface area contributed by atoms with Crippen molar-refractivity contribution >= 4 is 11.8 Å². The van der Waals surface area contributed by atoms with Gasteiger partial charge >= 0.3 is 0 Å². The molecule has 0 radical (unpaired) electrons. The van der Waals surface area contributed by atoms with Crippen molar-refractivity contribution in [1.29, 1.82) is 0 Å². The number of nitrogens with one attached hydrogen (secondary N) is 1. The van der Waals surface area contributed by atoms with Gasteiger partial charge in [-0.25, -0.2) is 5.48 Å². The van der Waals surface area contributed by atoms with Gasteiger partial charge in [0.2, 0.25) is 0 Å². The summed E-state index contributed by atoms with van der Waals surface area (Å²) in [4.78, 5) is 26.1. The average Bonchev–Trinajstić information content (AvgIpc) is 3.32. The number of amides is 2. The van der Waals surface area contributed by atoms with Crippen LogP contribution < -0.4 is 15.0 Å². The highest BCUT2D eigenvalue weighted by molar-refractivity contribution is 5.98. The third-order valence-corrected chi connectivity index (χ3v) is 4.93. The summed E-state index contributed by atoms with van der Waals surface area (Å²) in [6.07, 6.45) is 5.73. The molecule has 7 nitrogen and oxygen atoms in total. The van der Waals surface area contributed by atoms with E-state index in [0.29, 0.717) is 30.0 Å². The molecule has 136 valence electrons. The number of carbonyl (C=O) groups is 2. The van der Waals surface area contributed by atoms with Crippen LogP contribution in [0.25, 0.3) is 0 Å². The Morgan fingerprint density at radius 2 is 1.92 bits per heavy atom. The van der Waals surface area contributed by atoms with Crippen molar-refractivity contribution in [3.63, 3.8) is 0 Å². The molecule has 1 saturated heterocycles. The predicted molar refractivity (Wildman–Crippen MR) is 89.9 cm³/mol. The van der Waals surface area contributed by atoms with Crippen LogP contribution in [0.3, 0.4) is 0 Å². The Morgan fingerprint density at radius 1 is 1.16 bits per heavy atom. The van der Waals surface area contributed by atoms with Crippen molar-refractivity contribution in [2.24, 2.45) is 0 Å². The summed E-state index contributed by atoms with van der Waals surface area (Å²) in [6, 6.07) is 4.44. The second-order valence-corrected chi connectivity index (χ2v) is 6.52. The number of hydrogen-bond donors (Lipinski definition) is 2. The molecule has 2 N–H and O–H groups in total. The molecule has 1 atom stereocenters. The van der Waals surface area contributed by atoms with Gasteiger partial charge in [-0.05, 0) is 56.7 Å². The number of methoxy groups -OCH3 is 1. The van der Waals surface area contributed by atoms with Crippen molar-refractivity contribution in [2.45, 2.75) is 50.7 Å². The van der Waals surface area contributed by atoms with E-state index in [9.17, 15) is 9.59 Å². The molecular formula is C18H24N2O5. The standard InChI is InChI=1S/C18H24N2O5/c1-24-15-9-8-12(11-16(15)25-13-5-2-3-6-13)18(22)20-10-4-7-14(20)17(21)19-23/h8-9,11,13-14,23H,2-7,10H2,1H3,(H,19,21). The van der Waals surface area contributed by atoms with Crippen molar-refractivity contribution in [1.82, 2.24) is 10.4 Å². The third-order valence-electron chi connectivity index (χ3n) is 4.93. The number of ether oxygens (including phenoxy) is 2. The molecule has 2 fully saturated rings. The number of carbonyl (C=O) groups excluding carboxylic acids is 2.